The molecular formula is C18H22ClN7. The van der Waals surface area contributed by atoms with Gasteiger partial charge in [0.1, 0.15) is 17.7 Å². The van der Waals surface area contributed by atoms with Crippen LogP contribution in [0.4, 0.5) is 17.6 Å². The number of nitriles is 1. The molecule has 2 aromatic rings. The van der Waals surface area contributed by atoms with Crippen LogP contribution in [-0.2, 0) is 0 Å². The summed E-state index contributed by atoms with van der Waals surface area (Å²) in [6.07, 6.45) is 1.77. The summed E-state index contributed by atoms with van der Waals surface area (Å²) in [6, 6.07) is 4.13. The Balaban J connectivity index is 1.77. The molecule has 0 aromatic carbocycles. The monoisotopic (exact) mass is 371 g/mol. The average Bonchev–Trinajstić information content (AvgIpc) is 2.66. The third kappa shape index (κ3) is 3.51. The molecule has 0 bridgehead atoms. The van der Waals surface area contributed by atoms with Crippen molar-refractivity contribution in [3.63, 3.8) is 0 Å². The summed E-state index contributed by atoms with van der Waals surface area (Å²) in [6.45, 7) is 9.63. The van der Waals surface area contributed by atoms with Gasteiger partial charge in [0.25, 0.3) is 0 Å². The van der Waals surface area contributed by atoms with E-state index >= 15 is 0 Å². The van der Waals surface area contributed by atoms with Crippen molar-refractivity contribution in [1.82, 2.24) is 15.0 Å². The largest absolute Gasteiger partial charge is 0.370 e. The predicted octanol–water partition coefficient (Wildman–Crippen LogP) is 2.77. The Morgan fingerprint density at radius 3 is 2.54 bits per heavy atom. The fourth-order valence-electron chi connectivity index (χ4n) is 3.07. The molecule has 1 aliphatic rings. The van der Waals surface area contributed by atoms with Crippen molar-refractivity contribution in [2.45, 2.75) is 20.8 Å². The normalized spacial score (nSPS) is 14.3. The molecular weight excluding hydrogens is 350 g/mol. The van der Waals surface area contributed by atoms with E-state index in [4.69, 9.17) is 11.6 Å². The van der Waals surface area contributed by atoms with E-state index in [2.05, 4.69) is 36.1 Å². The van der Waals surface area contributed by atoms with Crippen LogP contribution in [0.15, 0.2) is 12.3 Å². The minimum atomic E-state index is 0.555. The highest BCUT2D eigenvalue weighted by Gasteiger charge is 2.24. The quantitative estimate of drug-likeness (QED) is 0.884. The third-order valence-corrected chi connectivity index (χ3v) is 5.05. The van der Waals surface area contributed by atoms with Crippen LogP contribution in [0.5, 0.6) is 0 Å². The van der Waals surface area contributed by atoms with Gasteiger partial charge in [-0.05, 0) is 32.4 Å². The van der Waals surface area contributed by atoms with Crippen LogP contribution >= 0.6 is 11.6 Å². The van der Waals surface area contributed by atoms with Gasteiger partial charge in [-0.15, -0.1) is 0 Å². The highest BCUT2D eigenvalue weighted by molar-refractivity contribution is 6.32. The summed E-state index contributed by atoms with van der Waals surface area (Å²) in [5.41, 5.74) is 2.10. The van der Waals surface area contributed by atoms with Gasteiger partial charge in [-0.2, -0.15) is 10.2 Å². The first-order valence-electron chi connectivity index (χ1n) is 8.68. The fourth-order valence-corrected chi connectivity index (χ4v) is 3.21. The van der Waals surface area contributed by atoms with Crippen molar-refractivity contribution in [3.05, 3.63) is 34.1 Å². The molecule has 0 saturated carbocycles. The Morgan fingerprint density at radius 2 is 1.88 bits per heavy atom. The smallest absolute Gasteiger partial charge is 0.227 e. The lowest BCUT2D eigenvalue weighted by atomic mass is 10.1. The Bertz CT molecular complexity index is 838. The molecule has 2 aromatic heterocycles. The van der Waals surface area contributed by atoms with Gasteiger partial charge in [0.2, 0.25) is 5.95 Å². The summed E-state index contributed by atoms with van der Waals surface area (Å²) in [5, 5.41) is 13.3. The molecule has 1 fully saturated rings. The first-order chi connectivity index (χ1) is 12.5. The Kier molecular flexibility index (Phi) is 5.43. The van der Waals surface area contributed by atoms with Gasteiger partial charge < -0.3 is 15.1 Å². The number of rotatable bonds is 4. The van der Waals surface area contributed by atoms with Gasteiger partial charge in [-0.25, -0.2) is 9.97 Å². The second-order valence-electron chi connectivity index (χ2n) is 6.19. The lowest BCUT2D eigenvalue weighted by molar-refractivity contribution is 0.633. The molecule has 26 heavy (non-hydrogen) atoms. The fraction of sp³-hybridized carbons (Fsp3) is 0.444. The first kappa shape index (κ1) is 18.2. The number of pyridine rings is 1. The molecule has 0 amide bonds. The molecule has 1 aliphatic heterocycles. The highest BCUT2D eigenvalue weighted by Crippen LogP contribution is 2.29. The van der Waals surface area contributed by atoms with Gasteiger partial charge in [0.15, 0.2) is 0 Å². The van der Waals surface area contributed by atoms with E-state index in [9.17, 15) is 5.26 Å². The summed E-state index contributed by atoms with van der Waals surface area (Å²) >= 11 is 6.25. The molecule has 3 heterocycles. The maximum absolute atomic E-state index is 9.54. The molecule has 3 rings (SSSR count). The number of anilines is 3. The second-order valence-corrected chi connectivity index (χ2v) is 6.57. The van der Waals surface area contributed by atoms with Crippen molar-refractivity contribution in [2.75, 3.05) is 47.8 Å². The van der Waals surface area contributed by atoms with Gasteiger partial charge >= 0.3 is 0 Å². The zero-order valence-corrected chi connectivity index (χ0v) is 16.0. The molecule has 1 saturated heterocycles. The van der Waals surface area contributed by atoms with E-state index in [0.29, 0.717) is 16.4 Å². The van der Waals surface area contributed by atoms with Crippen LogP contribution in [-0.4, -0.2) is 47.7 Å². The predicted molar refractivity (Wildman–Crippen MR) is 104 cm³/mol. The molecule has 0 unspecified atom stereocenters. The number of halogens is 1. The number of hydrogen-bond acceptors (Lipinski definition) is 7. The molecule has 1 N–H and O–H groups in total. The molecule has 0 atom stereocenters. The Hall–Kier alpha value is -2.59. The van der Waals surface area contributed by atoms with Crippen LogP contribution in [0.25, 0.3) is 0 Å². The lowest BCUT2D eigenvalue weighted by Crippen LogP contribution is -2.47. The van der Waals surface area contributed by atoms with Gasteiger partial charge in [-0.1, -0.05) is 11.6 Å². The molecule has 0 radical (unpaired) electrons. The van der Waals surface area contributed by atoms with Crippen LogP contribution in [0.3, 0.4) is 0 Å². The lowest BCUT2D eigenvalue weighted by Gasteiger charge is -2.36. The second kappa shape index (κ2) is 7.75. The van der Waals surface area contributed by atoms with Gasteiger partial charge in [0.05, 0.1) is 16.3 Å². The van der Waals surface area contributed by atoms with E-state index in [-0.39, 0.29) is 0 Å². The SMILES string of the molecule is CCNc1ccnc(N2CCN(c3nc(C)c(Cl)c(C)c3C#N)CC2)n1. The van der Waals surface area contributed by atoms with Crippen molar-refractivity contribution < 1.29 is 0 Å². The molecule has 0 aliphatic carbocycles. The molecule has 7 nitrogen and oxygen atoms in total. The Morgan fingerprint density at radius 1 is 1.19 bits per heavy atom. The van der Waals surface area contributed by atoms with Gasteiger partial charge in [-0.3, -0.25) is 0 Å². The van der Waals surface area contributed by atoms with Crippen LogP contribution in [0, 0.1) is 25.2 Å². The summed E-state index contributed by atoms with van der Waals surface area (Å²) in [5.74, 6) is 2.27. The molecule has 0 spiro atoms. The molecule has 136 valence electrons. The minimum absolute atomic E-state index is 0.555. The maximum Gasteiger partial charge on any atom is 0.227 e. The minimum Gasteiger partial charge on any atom is -0.370 e. The van der Waals surface area contributed by atoms with E-state index in [0.717, 1.165) is 55.7 Å². The average molecular weight is 372 g/mol. The summed E-state index contributed by atoms with van der Waals surface area (Å²) < 4.78 is 0. The topological polar surface area (TPSA) is 81.0 Å². The van der Waals surface area contributed by atoms with Crippen molar-refractivity contribution in [3.8, 4) is 6.07 Å². The zero-order valence-electron chi connectivity index (χ0n) is 15.3. The molecule has 8 heteroatoms. The number of nitrogens with zero attached hydrogens (tertiary/aromatic N) is 6. The van der Waals surface area contributed by atoms with Crippen LogP contribution in [0.2, 0.25) is 5.02 Å². The Labute approximate surface area is 158 Å². The first-order valence-corrected chi connectivity index (χ1v) is 9.06. The van der Waals surface area contributed by atoms with Crippen LogP contribution < -0.4 is 15.1 Å². The van der Waals surface area contributed by atoms with E-state index in [1.807, 2.05) is 26.8 Å². The number of aromatic nitrogens is 3. The van der Waals surface area contributed by atoms with Crippen molar-refractivity contribution in [1.29, 1.82) is 5.26 Å². The summed E-state index contributed by atoms with van der Waals surface area (Å²) in [7, 11) is 0. The highest BCUT2D eigenvalue weighted by atomic mass is 35.5. The zero-order chi connectivity index (χ0) is 18.7. The standard InChI is InChI=1S/C18H22ClN7/c1-4-21-15-5-6-22-18(24-15)26-9-7-25(8-10-26)17-14(11-20)12(2)16(19)13(3)23-17/h5-6H,4,7-10H2,1-3H3,(H,21,22,24). The maximum atomic E-state index is 9.54. The van der Waals surface area contributed by atoms with Crippen molar-refractivity contribution in [2.24, 2.45) is 0 Å². The van der Waals surface area contributed by atoms with E-state index < -0.39 is 0 Å². The number of hydrogen-bond donors (Lipinski definition) is 1. The van der Waals surface area contributed by atoms with Crippen molar-refractivity contribution >= 4 is 29.2 Å². The number of aryl methyl sites for hydroxylation is 1. The van der Waals surface area contributed by atoms with Crippen LogP contribution in [0.1, 0.15) is 23.7 Å². The number of piperazine rings is 1. The van der Waals surface area contributed by atoms with Gasteiger partial charge in [0, 0.05) is 38.9 Å². The summed E-state index contributed by atoms with van der Waals surface area (Å²) in [4.78, 5) is 17.8. The number of nitrogens with one attached hydrogen (secondary N) is 1. The third-order valence-electron chi connectivity index (χ3n) is 4.49. The van der Waals surface area contributed by atoms with E-state index in [1.54, 1.807) is 6.20 Å². The van der Waals surface area contributed by atoms with E-state index in [1.165, 1.54) is 0 Å².